The third-order valence-corrected chi connectivity index (χ3v) is 7.08. The highest BCUT2D eigenvalue weighted by Crippen LogP contribution is 2.32. The number of benzene rings is 2. The summed E-state index contributed by atoms with van der Waals surface area (Å²) in [6, 6.07) is 16.1. The molecule has 0 aliphatic heterocycles. The van der Waals surface area contributed by atoms with Crippen molar-refractivity contribution in [2.75, 3.05) is 4.90 Å². The third kappa shape index (κ3) is 4.61. The van der Waals surface area contributed by atoms with Gasteiger partial charge in [0.05, 0.1) is 11.4 Å². The second-order valence-electron chi connectivity index (χ2n) is 7.45. The Hall–Kier alpha value is -2.97. The van der Waals surface area contributed by atoms with Crippen LogP contribution in [-0.4, -0.2) is 25.7 Å². The first kappa shape index (κ1) is 22.2. The molecule has 0 atom stereocenters. The van der Waals surface area contributed by atoms with Gasteiger partial charge in [-0.1, -0.05) is 48.2 Å². The molecule has 6 nitrogen and oxygen atoms in total. The number of aryl methyl sites for hydroxylation is 2. The number of hydrogen-bond donors (Lipinski definition) is 0. The monoisotopic (exact) mass is 463 g/mol. The van der Waals surface area contributed by atoms with Gasteiger partial charge in [-0.25, -0.2) is 4.98 Å². The smallest absolute Gasteiger partial charge is 0.230 e. The van der Waals surface area contributed by atoms with E-state index in [9.17, 15) is 4.79 Å². The van der Waals surface area contributed by atoms with E-state index in [1.165, 1.54) is 16.9 Å². The first-order valence-corrected chi connectivity index (χ1v) is 12.3. The predicted octanol–water partition coefficient (Wildman–Crippen LogP) is 6.02. The molecule has 4 rings (SSSR count). The molecule has 0 aliphatic rings. The Bertz CT molecular complexity index is 1230. The number of amides is 1. The quantitative estimate of drug-likeness (QED) is 0.314. The zero-order valence-corrected chi connectivity index (χ0v) is 20.2. The average Bonchev–Trinajstić information content (AvgIpc) is 3.42. The Kier molecular flexibility index (Phi) is 6.72. The summed E-state index contributed by atoms with van der Waals surface area (Å²) in [7, 11) is 0. The highest BCUT2D eigenvalue weighted by Gasteiger charge is 2.19. The first-order valence-electron chi connectivity index (χ1n) is 10.4. The molecule has 2 aromatic heterocycles. The van der Waals surface area contributed by atoms with Gasteiger partial charge < -0.3 is 4.57 Å². The molecular formula is C24H25N5OS2. The molecule has 164 valence electrons. The van der Waals surface area contributed by atoms with Gasteiger partial charge in [0, 0.05) is 30.2 Å². The zero-order valence-electron chi connectivity index (χ0n) is 18.6. The lowest BCUT2D eigenvalue weighted by molar-refractivity contribution is -0.115. The molecule has 4 aromatic rings. The Morgan fingerprint density at radius 1 is 1.09 bits per heavy atom. The molecule has 0 aliphatic carbocycles. The van der Waals surface area contributed by atoms with Gasteiger partial charge in [-0.2, -0.15) is 0 Å². The van der Waals surface area contributed by atoms with Crippen molar-refractivity contribution in [2.24, 2.45) is 0 Å². The van der Waals surface area contributed by atoms with E-state index in [0.29, 0.717) is 10.9 Å². The molecule has 0 N–H and O–H groups in total. The van der Waals surface area contributed by atoms with E-state index < -0.39 is 0 Å². The third-order valence-electron chi connectivity index (χ3n) is 5.21. The van der Waals surface area contributed by atoms with E-state index in [0.717, 1.165) is 40.0 Å². The van der Waals surface area contributed by atoms with Crippen LogP contribution in [0.1, 0.15) is 30.7 Å². The molecule has 0 unspecified atom stereocenters. The summed E-state index contributed by atoms with van der Waals surface area (Å²) in [6.07, 6.45) is 0. The van der Waals surface area contributed by atoms with Crippen LogP contribution in [0.25, 0.3) is 11.4 Å². The summed E-state index contributed by atoms with van der Waals surface area (Å²) in [4.78, 5) is 18.8. The van der Waals surface area contributed by atoms with Crippen molar-refractivity contribution in [1.29, 1.82) is 0 Å². The number of anilines is 2. The molecule has 8 heteroatoms. The lowest BCUT2D eigenvalue weighted by Crippen LogP contribution is -2.22. The molecule has 2 heterocycles. The molecule has 0 bridgehead atoms. The number of hydrogen-bond acceptors (Lipinski definition) is 6. The van der Waals surface area contributed by atoms with Gasteiger partial charge in [-0.3, -0.25) is 9.69 Å². The number of rotatable bonds is 7. The zero-order chi connectivity index (χ0) is 22.7. The fraction of sp³-hybridized carbons (Fsp3) is 0.250. The summed E-state index contributed by atoms with van der Waals surface area (Å²) in [5.74, 6) is 1.47. The Morgan fingerprint density at radius 2 is 1.88 bits per heavy atom. The van der Waals surface area contributed by atoms with Crippen LogP contribution in [-0.2, 0) is 17.1 Å². The van der Waals surface area contributed by atoms with E-state index in [-0.39, 0.29) is 5.91 Å². The minimum absolute atomic E-state index is 0.0555. The fourth-order valence-corrected chi connectivity index (χ4v) is 5.26. The number of nitrogens with zero attached hydrogens (tertiary/aromatic N) is 5. The SMILES string of the molecule is CCn1c(SCc2csc(N(C(C)=O)c3ccc(C)c(C)c3)n2)nnc1-c1ccccc1. The van der Waals surface area contributed by atoms with Gasteiger partial charge in [0.25, 0.3) is 0 Å². The van der Waals surface area contributed by atoms with Crippen molar-refractivity contribution < 1.29 is 4.79 Å². The Balaban J connectivity index is 1.53. The lowest BCUT2D eigenvalue weighted by atomic mass is 10.1. The Labute approximate surface area is 196 Å². The molecule has 0 saturated heterocycles. The van der Waals surface area contributed by atoms with Gasteiger partial charge in [0.2, 0.25) is 5.91 Å². The van der Waals surface area contributed by atoms with E-state index in [4.69, 9.17) is 4.98 Å². The highest BCUT2D eigenvalue weighted by atomic mass is 32.2. The van der Waals surface area contributed by atoms with Crippen LogP contribution in [0, 0.1) is 13.8 Å². The van der Waals surface area contributed by atoms with Crippen molar-refractivity contribution in [2.45, 2.75) is 45.1 Å². The molecule has 32 heavy (non-hydrogen) atoms. The molecule has 2 aromatic carbocycles. The van der Waals surface area contributed by atoms with Crippen molar-refractivity contribution in [1.82, 2.24) is 19.7 Å². The molecule has 0 radical (unpaired) electrons. The van der Waals surface area contributed by atoms with Crippen LogP contribution in [0.4, 0.5) is 10.8 Å². The highest BCUT2D eigenvalue weighted by molar-refractivity contribution is 7.98. The predicted molar refractivity (Wildman–Crippen MR) is 132 cm³/mol. The van der Waals surface area contributed by atoms with Crippen molar-refractivity contribution in [3.63, 3.8) is 0 Å². The number of aromatic nitrogens is 4. The normalized spacial score (nSPS) is 11.0. The molecule has 0 fully saturated rings. The van der Waals surface area contributed by atoms with Gasteiger partial charge in [-0.15, -0.1) is 21.5 Å². The second-order valence-corrected chi connectivity index (χ2v) is 9.23. The topological polar surface area (TPSA) is 63.9 Å². The van der Waals surface area contributed by atoms with Gasteiger partial charge in [0.15, 0.2) is 16.1 Å². The maximum absolute atomic E-state index is 12.4. The number of thioether (sulfide) groups is 1. The largest absolute Gasteiger partial charge is 0.302 e. The van der Waals surface area contributed by atoms with Gasteiger partial charge in [0.1, 0.15) is 0 Å². The summed E-state index contributed by atoms with van der Waals surface area (Å²) < 4.78 is 2.12. The van der Waals surface area contributed by atoms with Crippen LogP contribution in [0.3, 0.4) is 0 Å². The fourth-order valence-electron chi connectivity index (χ4n) is 3.38. The summed E-state index contributed by atoms with van der Waals surface area (Å²) >= 11 is 3.08. The van der Waals surface area contributed by atoms with E-state index in [1.54, 1.807) is 23.6 Å². The minimum Gasteiger partial charge on any atom is -0.302 e. The minimum atomic E-state index is -0.0555. The molecule has 1 amide bonds. The van der Waals surface area contributed by atoms with Crippen molar-refractivity contribution >= 4 is 39.8 Å². The Morgan fingerprint density at radius 3 is 2.56 bits per heavy atom. The van der Waals surface area contributed by atoms with Crippen molar-refractivity contribution in [3.8, 4) is 11.4 Å². The van der Waals surface area contributed by atoms with E-state index in [1.807, 2.05) is 53.9 Å². The van der Waals surface area contributed by atoms with Gasteiger partial charge >= 0.3 is 0 Å². The van der Waals surface area contributed by atoms with Crippen LogP contribution in [0.5, 0.6) is 0 Å². The maximum atomic E-state index is 12.4. The van der Waals surface area contributed by atoms with E-state index >= 15 is 0 Å². The average molecular weight is 464 g/mol. The molecular weight excluding hydrogens is 438 g/mol. The van der Waals surface area contributed by atoms with Crippen LogP contribution >= 0.6 is 23.1 Å². The summed E-state index contributed by atoms with van der Waals surface area (Å²) in [5.41, 5.74) is 5.15. The number of carbonyl (C=O) groups excluding carboxylic acids is 1. The summed E-state index contributed by atoms with van der Waals surface area (Å²) in [6.45, 7) is 8.56. The molecule has 0 spiro atoms. The van der Waals surface area contributed by atoms with Crippen LogP contribution in [0.2, 0.25) is 0 Å². The second kappa shape index (κ2) is 9.67. The summed E-state index contributed by atoms with van der Waals surface area (Å²) in [5, 5.41) is 12.3. The number of carbonyl (C=O) groups is 1. The van der Waals surface area contributed by atoms with Crippen LogP contribution in [0.15, 0.2) is 59.1 Å². The van der Waals surface area contributed by atoms with Crippen molar-refractivity contribution in [3.05, 3.63) is 70.7 Å². The first-order chi connectivity index (χ1) is 15.5. The van der Waals surface area contributed by atoms with Gasteiger partial charge in [-0.05, 0) is 44.0 Å². The van der Waals surface area contributed by atoms with E-state index in [2.05, 4.69) is 35.5 Å². The molecule has 0 saturated carbocycles. The standard InChI is InChI=1S/C24H25N5OS2/c1-5-28-22(19-9-7-6-8-10-19)26-27-24(28)32-15-20-14-31-23(25-20)29(18(4)30)21-12-11-16(2)17(3)13-21/h6-14H,5,15H2,1-4H3. The van der Waals surface area contributed by atoms with Crippen LogP contribution < -0.4 is 4.90 Å². The number of thiazole rings is 1. The maximum Gasteiger partial charge on any atom is 0.230 e. The lowest BCUT2D eigenvalue weighted by Gasteiger charge is -2.19.